The third kappa shape index (κ3) is 2.91. The topological polar surface area (TPSA) is 66.9 Å². The zero-order valence-corrected chi connectivity index (χ0v) is 16.0. The number of sulfonamides is 1. The van der Waals surface area contributed by atoms with Gasteiger partial charge in [0.25, 0.3) is 0 Å². The van der Waals surface area contributed by atoms with Crippen LogP contribution in [-0.2, 0) is 14.8 Å². The van der Waals surface area contributed by atoms with Gasteiger partial charge in [0.15, 0.2) is 0 Å². The van der Waals surface area contributed by atoms with Crippen molar-refractivity contribution in [1.82, 2.24) is 9.21 Å². The maximum atomic E-state index is 13.2. The van der Waals surface area contributed by atoms with E-state index in [9.17, 15) is 13.2 Å². The van der Waals surface area contributed by atoms with Gasteiger partial charge in [-0.05, 0) is 31.4 Å². The second-order valence-electron chi connectivity index (χ2n) is 7.41. The lowest BCUT2D eigenvalue weighted by molar-refractivity contribution is -0.138. The molecular weight excluding hydrogens is 352 g/mol. The van der Waals surface area contributed by atoms with Gasteiger partial charge in [-0.3, -0.25) is 4.79 Å². The summed E-state index contributed by atoms with van der Waals surface area (Å²) in [6.07, 6.45) is 4.15. The number of hydrogen-bond acceptors (Lipinski definition) is 4. The van der Waals surface area contributed by atoms with Crippen LogP contribution in [0.5, 0.6) is 5.75 Å². The number of carbonyl (C=O) groups excluding carboxylic acids is 1. The van der Waals surface area contributed by atoms with Gasteiger partial charge >= 0.3 is 0 Å². The van der Waals surface area contributed by atoms with Crippen LogP contribution < -0.4 is 4.74 Å². The molecule has 0 spiro atoms. The van der Waals surface area contributed by atoms with E-state index in [0.29, 0.717) is 38.2 Å². The number of rotatable bonds is 2. The maximum absolute atomic E-state index is 13.2. The third-order valence-electron chi connectivity index (χ3n) is 5.97. The summed E-state index contributed by atoms with van der Waals surface area (Å²) < 4.78 is 34.1. The predicted octanol–water partition coefficient (Wildman–Crippen LogP) is 2.25. The summed E-state index contributed by atoms with van der Waals surface area (Å²) in [7, 11) is -3.60. The first kappa shape index (κ1) is 17.8. The van der Waals surface area contributed by atoms with Gasteiger partial charge in [0.05, 0.1) is 6.04 Å². The summed E-state index contributed by atoms with van der Waals surface area (Å²) in [5, 5.41) is 0. The number of fused-ring (bicyclic) bond motifs is 2. The molecule has 6 nitrogen and oxygen atoms in total. The molecule has 0 bridgehead atoms. The fraction of sp³-hybridized carbons (Fsp3) is 0.632. The van der Waals surface area contributed by atoms with E-state index in [-0.39, 0.29) is 28.9 Å². The molecule has 1 saturated carbocycles. The van der Waals surface area contributed by atoms with E-state index in [4.69, 9.17) is 4.74 Å². The minimum absolute atomic E-state index is 0.172. The van der Waals surface area contributed by atoms with E-state index in [2.05, 4.69) is 0 Å². The standard InChI is InChI=1S/C19H26N2O4S/c1-2-21-15-10-12-20(19(22)14-6-5-7-14)13-11-16(15)25-17-8-3-4-9-18(17)26(21,23)24/h3-4,8-9,14-16H,2,5-7,10-13H2,1H3/t15-,16-/m1/s1. The van der Waals surface area contributed by atoms with Gasteiger partial charge in [-0.25, -0.2) is 8.42 Å². The lowest BCUT2D eigenvalue weighted by atomic mass is 9.84. The van der Waals surface area contributed by atoms with Crippen molar-refractivity contribution >= 4 is 15.9 Å². The first-order valence-electron chi connectivity index (χ1n) is 9.58. The van der Waals surface area contributed by atoms with Gasteiger partial charge in [0.1, 0.15) is 16.7 Å². The lowest BCUT2D eigenvalue weighted by Gasteiger charge is -2.31. The van der Waals surface area contributed by atoms with E-state index in [0.717, 1.165) is 19.3 Å². The number of benzene rings is 1. The number of ether oxygens (including phenoxy) is 1. The van der Waals surface area contributed by atoms with Crippen LogP contribution in [-0.4, -0.2) is 55.3 Å². The zero-order chi connectivity index (χ0) is 18.3. The van der Waals surface area contributed by atoms with Crippen LogP contribution in [0.15, 0.2) is 29.2 Å². The van der Waals surface area contributed by atoms with E-state index in [1.54, 1.807) is 28.6 Å². The summed E-state index contributed by atoms with van der Waals surface area (Å²) >= 11 is 0. The lowest BCUT2D eigenvalue weighted by Crippen LogP contribution is -2.47. The van der Waals surface area contributed by atoms with Gasteiger partial charge in [0, 0.05) is 32.0 Å². The molecule has 1 saturated heterocycles. The van der Waals surface area contributed by atoms with Crippen LogP contribution in [0, 0.1) is 5.92 Å². The fourth-order valence-corrected chi connectivity index (χ4v) is 6.11. The highest BCUT2D eigenvalue weighted by molar-refractivity contribution is 7.89. The van der Waals surface area contributed by atoms with Gasteiger partial charge in [-0.1, -0.05) is 25.5 Å². The van der Waals surface area contributed by atoms with Crippen molar-refractivity contribution in [2.45, 2.75) is 56.1 Å². The Morgan fingerprint density at radius 1 is 1.15 bits per heavy atom. The summed E-state index contributed by atoms with van der Waals surface area (Å²) in [4.78, 5) is 14.8. The van der Waals surface area contributed by atoms with Crippen LogP contribution >= 0.6 is 0 Å². The first-order valence-corrected chi connectivity index (χ1v) is 11.0. The Hall–Kier alpha value is -1.60. The fourth-order valence-electron chi connectivity index (χ4n) is 4.29. The molecule has 2 heterocycles. The number of likely N-dealkylation sites (tertiary alicyclic amines) is 1. The minimum atomic E-state index is -3.60. The third-order valence-corrected chi connectivity index (χ3v) is 8.01. The SMILES string of the molecule is CCN1[C@@H]2CCN(C(=O)C3CCC3)CC[C@H]2Oc2ccccc2S1(=O)=O. The molecule has 7 heteroatoms. The Labute approximate surface area is 155 Å². The van der Waals surface area contributed by atoms with E-state index in [1.165, 1.54) is 0 Å². The molecule has 0 unspecified atom stereocenters. The average Bonchev–Trinajstić information content (AvgIpc) is 2.81. The average molecular weight is 378 g/mol. The monoisotopic (exact) mass is 378 g/mol. The molecule has 2 aliphatic heterocycles. The number of nitrogens with zero attached hydrogens (tertiary/aromatic N) is 2. The second kappa shape index (κ2) is 6.85. The molecule has 0 radical (unpaired) electrons. The van der Waals surface area contributed by atoms with Gasteiger partial charge < -0.3 is 9.64 Å². The highest BCUT2D eigenvalue weighted by atomic mass is 32.2. The quantitative estimate of drug-likeness (QED) is 0.792. The van der Waals surface area contributed by atoms with Crippen LogP contribution in [0.25, 0.3) is 0 Å². The molecule has 1 amide bonds. The highest BCUT2D eigenvalue weighted by Crippen LogP contribution is 2.37. The van der Waals surface area contributed by atoms with Crippen LogP contribution in [0.3, 0.4) is 0 Å². The van der Waals surface area contributed by atoms with Crippen molar-refractivity contribution in [2.24, 2.45) is 5.92 Å². The molecular formula is C19H26N2O4S. The van der Waals surface area contributed by atoms with E-state index < -0.39 is 10.0 Å². The molecule has 2 atom stereocenters. The van der Waals surface area contributed by atoms with Crippen molar-refractivity contribution in [2.75, 3.05) is 19.6 Å². The Kier molecular flexibility index (Phi) is 4.69. The van der Waals surface area contributed by atoms with Crippen LogP contribution in [0.1, 0.15) is 39.0 Å². The Balaban J connectivity index is 1.63. The van der Waals surface area contributed by atoms with E-state index in [1.807, 2.05) is 11.8 Å². The van der Waals surface area contributed by atoms with E-state index >= 15 is 0 Å². The van der Waals surface area contributed by atoms with Crippen molar-refractivity contribution in [3.05, 3.63) is 24.3 Å². The summed E-state index contributed by atoms with van der Waals surface area (Å²) in [6.45, 7) is 3.50. The van der Waals surface area contributed by atoms with Crippen molar-refractivity contribution in [3.8, 4) is 5.75 Å². The number of carbonyl (C=O) groups is 1. The zero-order valence-electron chi connectivity index (χ0n) is 15.1. The molecule has 2 fully saturated rings. The Bertz CT molecular complexity index is 790. The molecule has 142 valence electrons. The summed E-state index contributed by atoms with van der Waals surface area (Å²) in [6, 6.07) is 6.63. The molecule has 1 aliphatic carbocycles. The molecule has 4 rings (SSSR count). The Morgan fingerprint density at radius 3 is 2.58 bits per heavy atom. The summed E-state index contributed by atoms with van der Waals surface area (Å²) in [5.74, 6) is 0.835. The molecule has 26 heavy (non-hydrogen) atoms. The molecule has 0 aromatic heterocycles. The highest BCUT2D eigenvalue weighted by Gasteiger charge is 2.43. The van der Waals surface area contributed by atoms with Gasteiger partial charge in [-0.2, -0.15) is 4.31 Å². The normalized spacial score (nSPS) is 28.7. The molecule has 1 aromatic carbocycles. The van der Waals surface area contributed by atoms with Crippen molar-refractivity contribution in [1.29, 1.82) is 0 Å². The number of hydrogen-bond donors (Lipinski definition) is 0. The van der Waals surface area contributed by atoms with Crippen LogP contribution in [0.2, 0.25) is 0 Å². The first-order chi connectivity index (χ1) is 12.5. The second-order valence-corrected chi connectivity index (χ2v) is 9.27. The van der Waals surface area contributed by atoms with Gasteiger partial charge in [0.2, 0.25) is 15.9 Å². The molecule has 0 N–H and O–H groups in total. The smallest absolute Gasteiger partial charge is 0.247 e. The number of para-hydroxylation sites is 1. The predicted molar refractivity (Wildman–Crippen MR) is 97.4 cm³/mol. The largest absolute Gasteiger partial charge is 0.487 e. The molecule has 3 aliphatic rings. The number of likely N-dealkylation sites (N-methyl/N-ethyl adjacent to an activating group) is 1. The minimum Gasteiger partial charge on any atom is -0.487 e. The van der Waals surface area contributed by atoms with Crippen molar-refractivity contribution < 1.29 is 17.9 Å². The Morgan fingerprint density at radius 2 is 1.88 bits per heavy atom. The molecule has 1 aromatic rings. The van der Waals surface area contributed by atoms with Crippen molar-refractivity contribution in [3.63, 3.8) is 0 Å². The summed E-state index contributed by atoms with van der Waals surface area (Å²) in [5.41, 5.74) is 0. The van der Waals surface area contributed by atoms with Crippen LogP contribution in [0.4, 0.5) is 0 Å². The van der Waals surface area contributed by atoms with Gasteiger partial charge in [-0.15, -0.1) is 0 Å². The number of amides is 1. The maximum Gasteiger partial charge on any atom is 0.247 e.